The highest BCUT2D eigenvalue weighted by Gasteiger charge is 2.13. The van der Waals surface area contributed by atoms with Gasteiger partial charge in [0.1, 0.15) is 0 Å². The quantitative estimate of drug-likeness (QED) is 0.176. The van der Waals surface area contributed by atoms with Crippen molar-refractivity contribution in [3.63, 3.8) is 0 Å². The Morgan fingerprint density at radius 3 is 2.69 bits per heavy atom. The number of hydrazone groups is 1. The molecule has 3 rings (SSSR count). The summed E-state index contributed by atoms with van der Waals surface area (Å²) in [6, 6.07) is 12.4. The van der Waals surface area contributed by atoms with Gasteiger partial charge in [-0.15, -0.1) is 0 Å². The standard InChI is InChI=1S/C23H24N4O4S/c1-15(2)13-27-22(29)17-7-5-6-8-18(17)25-23(27)32-14-21(28)26-24-12-16-9-10-19(30-3)20(11-16)31-4/h5-12H,1,13-14H2,2-4H3,(H,26,28)/b24-12+. The molecule has 0 atom stereocenters. The number of benzene rings is 2. The van der Waals surface area contributed by atoms with Crippen molar-refractivity contribution < 1.29 is 14.3 Å². The first-order chi connectivity index (χ1) is 15.4. The molecule has 32 heavy (non-hydrogen) atoms. The van der Waals surface area contributed by atoms with E-state index in [9.17, 15) is 9.59 Å². The number of rotatable bonds is 9. The van der Waals surface area contributed by atoms with Gasteiger partial charge in [0.05, 0.1) is 37.1 Å². The number of aromatic nitrogens is 2. The summed E-state index contributed by atoms with van der Waals surface area (Å²) in [4.78, 5) is 29.7. The van der Waals surface area contributed by atoms with Crippen LogP contribution in [-0.4, -0.2) is 41.6 Å². The Labute approximate surface area is 190 Å². The van der Waals surface area contributed by atoms with E-state index in [1.54, 1.807) is 50.6 Å². The number of ether oxygens (including phenoxy) is 2. The number of nitrogens with one attached hydrogen (secondary N) is 1. The van der Waals surface area contributed by atoms with Gasteiger partial charge in [-0.2, -0.15) is 5.10 Å². The van der Waals surface area contributed by atoms with Crippen molar-refractivity contribution in [3.8, 4) is 11.5 Å². The highest BCUT2D eigenvalue weighted by Crippen LogP contribution is 2.26. The van der Waals surface area contributed by atoms with E-state index in [0.717, 1.165) is 11.1 Å². The topological polar surface area (TPSA) is 94.8 Å². The van der Waals surface area contributed by atoms with E-state index in [1.807, 2.05) is 13.0 Å². The average Bonchev–Trinajstić information content (AvgIpc) is 2.79. The van der Waals surface area contributed by atoms with Crippen LogP contribution in [0.3, 0.4) is 0 Å². The van der Waals surface area contributed by atoms with Crippen molar-refractivity contribution in [2.75, 3.05) is 20.0 Å². The Kier molecular flexibility index (Phi) is 7.67. The lowest BCUT2D eigenvalue weighted by atomic mass is 10.2. The first-order valence-corrected chi connectivity index (χ1v) is 10.7. The molecule has 1 amide bonds. The van der Waals surface area contributed by atoms with E-state index < -0.39 is 0 Å². The van der Waals surface area contributed by atoms with Crippen LogP contribution >= 0.6 is 11.8 Å². The second-order valence-corrected chi connectivity index (χ2v) is 7.90. The van der Waals surface area contributed by atoms with E-state index in [1.165, 1.54) is 22.5 Å². The van der Waals surface area contributed by atoms with Gasteiger partial charge < -0.3 is 9.47 Å². The molecule has 0 aliphatic heterocycles. The Bertz CT molecular complexity index is 1240. The predicted molar refractivity (Wildman–Crippen MR) is 127 cm³/mol. The molecule has 3 aromatic rings. The number of hydrogen-bond acceptors (Lipinski definition) is 7. The number of thioether (sulfide) groups is 1. The average molecular weight is 453 g/mol. The van der Waals surface area contributed by atoms with Gasteiger partial charge in [0.15, 0.2) is 16.7 Å². The lowest BCUT2D eigenvalue weighted by molar-refractivity contribution is -0.118. The third-order valence-electron chi connectivity index (χ3n) is 4.40. The second-order valence-electron chi connectivity index (χ2n) is 6.96. The van der Waals surface area contributed by atoms with Crippen LogP contribution < -0.4 is 20.5 Å². The van der Waals surface area contributed by atoms with Crippen LogP contribution in [0.2, 0.25) is 0 Å². The third kappa shape index (κ3) is 5.55. The molecule has 0 fully saturated rings. The minimum absolute atomic E-state index is 0.0459. The number of carbonyl (C=O) groups is 1. The smallest absolute Gasteiger partial charge is 0.262 e. The first-order valence-electron chi connectivity index (χ1n) is 9.73. The van der Waals surface area contributed by atoms with Crippen LogP contribution in [0.5, 0.6) is 11.5 Å². The molecule has 9 heteroatoms. The van der Waals surface area contributed by atoms with Crippen molar-refractivity contribution >= 4 is 34.8 Å². The maximum absolute atomic E-state index is 12.9. The van der Waals surface area contributed by atoms with Crippen LogP contribution in [0.25, 0.3) is 10.9 Å². The minimum atomic E-state index is -0.323. The number of amides is 1. The summed E-state index contributed by atoms with van der Waals surface area (Å²) in [6.07, 6.45) is 1.51. The van der Waals surface area contributed by atoms with Crippen molar-refractivity contribution in [3.05, 3.63) is 70.5 Å². The Hall–Kier alpha value is -3.59. The number of nitrogens with zero attached hydrogens (tertiary/aromatic N) is 3. The molecule has 1 heterocycles. The molecule has 1 N–H and O–H groups in total. The van der Waals surface area contributed by atoms with Crippen LogP contribution in [0, 0.1) is 0 Å². The van der Waals surface area contributed by atoms with E-state index in [0.29, 0.717) is 34.1 Å². The van der Waals surface area contributed by atoms with Gasteiger partial charge in [-0.3, -0.25) is 14.2 Å². The maximum Gasteiger partial charge on any atom is 0.262 e. The molecule has 166 valence electrons. The van der Waals surface area contributed by atoms with Crippen LogP contribution in [0.1, 0.15) is 12.5 Å². The fourth-order valence-corrected chi connectivity index (χ4v) is 3.73. The molecule has 0 aliphatic carbocycles. The summed E-state index contributed by atoms with van der Waals surface area (Å²) in [5.74, 6) is 0.894. The molecular formula is C23H24N4O4S. The molecule has 0 unspecified atom stereocenters. The number of allylic oxidation sites excluding steroid dienone is 1. The maximum atomic E-state index is 12.9. The number of hydrogen-bond donors (Lipinski definition) is 1. The number of carbonyl (C=O) groups excluding carboxylic acids is 1. The monoisotopic (exact) mass is 452 g/mol. The normalized spacial score (nSPS) is 11.0. The zero-order chi connectivity index (χ0) is 23.1. The molecule has 0 spiro atoms. The summed E-state index contributed by atoms with van der Waals surface area (Å²) in [5, 5.41) is 4.97. The van der Waals surface area contributed by atoms with Gasteiger partial charge in [-0.05, 0) is 42.8 Å². The third-order valence-corrected chi connectivity index (χ3v) is 5.37. The SMILES string of the molecule is C=C(C)Cn1c(SCC(=O)N/N=C/c2ccc(OC)c(OC)c2)nc2ccccc2c1=O. The van der Waals surface area contributed by atoms with Gasteiger partial charge in [0, 0.05) is 6.54 Å². The van der Waals surface area contributed by atoms with Crippen LogP contribution in [0.15, 0.2) is 69.7 Å². The fourth-order valence-electron chi connectivity index (χ4n) is 2.94. The largest absolute Gasteiger partial charge is 0.493 e. The van der Waals surface area contributed by atoms with Gasteiger partial charge in [-0.1, -0.05) is 36.0 Å². The van der Waals surface area contributed by atoms with Crippen LogP contribution in [-0.2, 0) is 11.3 Å². The van der Waals surface area contributed by atoms with Crippen molar-refractivity contribution in [2.45, 2.75) is 18.6 Å². The number of fused-ring (bicyclic) bond motifs is 1. The molecule has 8 nitrogen and oxygen atoms in total. The van der Waals surface area contributed by atoms with Crippen molar-refractivity contribution in [1.29, 1.82) is 0 Å². The Balaban J connectivity index is 1.70. The Morgan fingerprint density at radius 2 is 1.97 bits per heavy atom. The van der Waals surface area contributed by atoms with E-state index in [-0.39, 0.29) is 17.2 Å². The fraction of sp³-hybridized carbons (Fsp3) is 0.217. The van der Waals surface area contributed by atoms with Crippen molar-refractivity contribution in [2.24, 2.45) is 5.10 Å². The zero-order valence-electron chi connectivity index (χ0n) is 18.1. The highest BCUT2D eigenvalue weighted by atomic mass is 32.2. The summed E-state index contributed by atoms with van der Waals surface area (Å²) in [7, 11) is 3.11. The highest BCUT2D eigenvalue weighted by molar-refractivity contribution is 7.99. The molecule has 0 aliphatic rings. The first kappa shape index (κ1) is 23.1. The number of para-hydroxylation sites is 1. The van der Waals surface area contributed by atoms with Crippen molar-refractivity contribution in [1.82, 2.24) is 15.0 Å². The zero-order valence-corrected chi connectivity index (χ0v) is 18.9. The van der Waals surface area contributed by atoms with Gasteiger partial charge in [0.2, 0.25) is 0 Å². The second kappa shape index (κ2) is 10.6. The summed E-state index contributed by atoms with van der Waals surface area (Å²) >= 11 is 1.17. The molecule has 2 aromatic carbocycles. The molecule has 0 radical (unpaired) electrons. The predicted octanol–water partition coefficient (Wildman–Crippen LogP) is 3.23. The Morgan fingerprint density at radius 1 is 1.22 bits per heavy atom. The summed E-state index contributed by atoms with van der Waals surface area (Å²) in [5.41, 5.74) is 4.47. The molecular weight excluding hydrogens is 428 g/mol. The van der Waals surface area contributed by atoms with Crippen LogP contribution in [0.4, 0.5) is 0 Å². The summed E-state index contributed by atoms with van der Waals surface area (Å²) in [6.45, 7) is 6.06. The molecule has 1 aromatic heterocycles. The summed E-state index contributed by atoms with van der Waals surface area (Å²) < 4.78 is 12.0. The minimum Gasteiger partial charge on any atom is -0.493 e. The van der Waals surface area contributed by atoms with E-state index >= 15 is 0 Å². The van der Waals surface area contributed by atoms with Gasteiger partial charge in [-0.25, -0.2) is 10.4 Å². The molecule has 0 saturated heterocycles. The number of methoxy groups -OCH3 is 2. The lowest BCUT2D eigenvalue weighted by Gasteiger charge is -2.12. The molecule has 0 bridgehead atoms. The van der Waals surface area contributed by atoms with E-state index in [4.69, 9.17) is 9.47 Å². The van der Waals surface area contributed by atoms with Gasteiger partial charge >= 0.3 is 0 Å². The van der Waals surface area contributed by atoms with Gasteiger partial charge in [0.25, 0.3) is 11.5 Å². The molecule has 0 saturated carbocycles. The lowest BCUT2D eigenvalue weighted by Crippen LogP contribution is -2.25. The van der Waals surface area contributed by atoms with E-state index in [2.05, 4.69) is 22.1 Å².